The van der Waals surface area contributed by atoms with Crippen molar-refractivity contribution in [2.75, 3.05) is 0 Å². The summed E-state index contributed by atoms with van der Waals surface area (Å²) in [6.45, 7) is 3.97. The van der Waals surface area contributed by atoms with E-state index in [9.17, 15) is 9.50 Å². The van der Waals surface area contributed by atoms with Crippen molar-refractivity contribution in [3.63, 3.8) is 0 Å². The number of aromatic nitrogens is 1. The number of aromatic hydroxyl groups is 1. The Balaban J connectivity index is 2.10. The predicted molar refractivity (Wildman–Crippen MR) is 72.3 cm³/mol. The van der Waals surface area contributed by atoms with Crippen LogP contribution in [0.5, 0.6) is 5.75 Å². The molecule has 4 heteroatoms. The third-order valence-corrected chi connectivity index (χ3v) is 3.17. The van der Waals surface area contributed by atoms with Crippen LogP contribution in [0.3, 0.4) is 0 Å². The molecule has 0 fully saturated rings. The molecule has 0 saturated heterocycles. The average molecular weight is 260 g/mol. The van der Waals surface area contributed by atoms with E-state index in [-0.39, 0.29) is 17.8 Å². The highest BCUT2D eigenvalue weighted by Gasteiger charge is 2.14. The van der Waals surface area contributed by atoms with Crippen molar-refractivity contribution in [2.24, 2.45) is 0 Å². The molecule has 19 heavy (non-hydrogen) atoms. The van der Waals surface area contributed by atoms with Gasteiger partial charge in [0.05, 0.1) is 0 Å². The van der Waals surface area contributed by atoms with E-state index < -0.39 is 5.82 Å². The minimum atomic E-state index is -0.435. The summed E-state index contributed by atoms with van der Waals surface area (Å²) >= 11 is 0. The Morgan fingerprint density at radius 2 is 1.79 bits per heavy atom. The second-order valence-electron chi connectivity index (χ2n) is 4.59. The van der Waals surface area contributed by atoms with E-state index in [1.54, 1.807) is 18.5 Å². The maximum Gasteiger partial charge on any atom is 0.126 e. The highest BCUT2D eigenvalue weighted by molar-refractivity contribution is 5.35. The van der Waals surface area contributed by atoms with Crippen LogP contribution < -0.4 is 5.32 Å². The van der Waals surface area contributed by atoms with Crippen molar-refractivity contribution in [1.82, 2.24) is 10.3 Å². The Hall–Kier alpha value is -1.94. The zero-order chi connectivity index (χ0) is 13.8. The SMILES string of the molecule is CC(NC(C)c1ccc(F)cc1O)c1ccncc1. The number of phenols is 1. The summed E-state index contributed by atoms with van der Waals surface area (Å²) in [6.07, 6.45) is 3.49. The van der Waals surface area contributed by atoms with Gasteiger partial charge in [-0.2, -0.15) is 0 Å². The quantitative estimate of drug-likeness (QED) is 0.886. The molecule has 100 valence electrons. The Kier molecular flexibility index (Phi) is 4.12. The molecule has 0 amide bonds. The number of nitrogens with one attached hydrogen (secondary N) is 1. The van der Waals surface area contributed by atoms with E-state index in [4.69, 9.17) is 0 Å². The number of nitrogens with zero attached hydrogens (tertiary/aromatic N) is 1. The topological polar surface area (TPSA) is 45.1 Å². The van der Waals surface area contributed by atoms with Crippen LogP contribution in [0.2, 0.25) is 0 Å². The summed E-state index contributed by atoms with van der Waals surface area (Å²) in [4.78, 5) is 3.98. The Morgan fingerprint density at radius 1 is 1.11 bits per heavy atom. The molecule has 0 aliphatic rings. The van der Waals surface area contributed by atoms with Gasteiger partial charge in [-0.15, -0.1) is 0 Å². The summed E-state index contributed by atoms with van der Waals surface area (Å²) < 4.78 is 13.0. The first-order valence-corrected chi connectivity index (χ1v) is 6.22. The number of benzene rings is 1. The molecule has 2 aromatic rings. The molecule has 1 aromatic heterocycles. The zero-order valence-corrected chi connectivity index (χ0v) is 11.0. The standard InChI is InChI=1S/C15H17FN2O/c1-10(12-5-7-17-8-6-12)18-11(2)14-4-3-13(16)9-15(14)19/h3-11,18-19H,1-2H3. The van der Waals surface area contributed by atoms with Crippen LogP contribution in [0.1, 0.15) is 37.1 Å². The van der Waals surface area contributed by atoms with Gasteiger partial charge >= 0.3 is 0 Å². The van der Waals surface area contributed by atoms with Gasteiger partial charge in [0.1, 0.15) is 11.6 Å². The number of hydrogen-bond donors (Lipinski definition) is 2. The van der Waals surface area contributed by atoms with Crippen LogP contribution in [0.4, 0.5) is 4.39 Å². The summed E-state index contributed by atoms with van der Waals surface area (Å²) in [5.41, 5.74) is 1.80. The van der Waals surface area contributed by atoms with Crippen LogP contribution in [0.25, 0.3) is 0 Å². The summed E-state index contributed by atoms with van der Waals surface area (Å²) in [7, 11) is 0. The van der Waals surface area contributed by atoms with Gasteiger partial charge in [-0.25, -0.2) is 4.39 Å². The van der Waals surface area contributed by atoms with Gasteiger partial charge in [0, 0.05) is 36.1 Å². The number of hydrogen-bond acceptors (Lipinski definition) is 3. The van der Waals surface area contributed by atoms with Crippen LogP contribution in [-0.4, -0.2) is 10.1 Å². The van der Waals surface area contributed by atoms with Gasteiger partial charge in [0.2, 0.25) is 0 Å². The number of pyridine rings is 1. The fourth-order valence-corrected chi connectivity index (χ4v) is 2.10. The second-order valence-corrected chi connectivity index (χ2v) is 4.59. The van der Waals surface area contributed by atoms with E-state index >= 15 is 0 Å². The molecule has 0 spiro atoms. The third kappa shape index (κ3) is 3.29. The minimum absolute atomic E-state index is 0.0260. The van der Waals surface area contributed by atoms with Crippen molar-refractivity contribution in [3.8, 4) is 5.75 Å². The summed E-state index contributed by atoms with van der Waals surface area (Å²) in [6, 6.07) is 7.99. The fraction of sp³-hybridized carbons (Fsp3) is 0.267. The first kappa shape index (κ1) is 13.5. The second kappa shape index (κ2) is 5.80. The van der Waals surface area contributed by atoms with Crippen molar-refractivity contribution in [3.05, 3.63) is 59.7 Å². The molecule has 2 N–H and O–H groups in total. The highest BCUT2D eigenvalue weighted by atomic mass is 19.1. The summed E-state index contributed by atoms with van der Waals surface area (Å²) in [5.74, 6) is -0.461. The van der Waals surface area contributed by atoms with Gasteiger partial charge in [-0.3, -0.25) is 4.98 Å². The van der Waals surface area contributed by atoms with Gasteiger partial charge in [-0.05, 0) is 37.6 Å². The smallest absolute Gasteiger partial charge is 0.126 e. The fourth-order valence-electron chi connectivity index (χ4n) is 2.10. The molecule has 0 bridgehead atoms. The zero-order valence-electron chi connectivity index (χ0n) is 11.0. The Bertz CT molecular complexity index is 545. The lowest BCUT2D eigenvalue weighted by Gasteiger charge is -2.21. The minimum Gasteiger partial charge on any atom is -0.508 e. The van der Waals surface area contributed by atoms with Gasteiger partial charge in [-0.1, -0.05) is 6.07 Å². The molecule has 1 heterocycles. The van der Waals surface area contributed by atoms with Crippen LogP contribution in [0.15, 0.2) is 42.7 Å². The lowest BCUT2D eigenvalue weighted by molar-refractivity contribution is 0.434. The first-order chi connectivity index (χ1) is 9.08. The maximum atomic E-state index is 13.0. The van der Waals surface area contributed by atoms with Crippen molar-refractivity contribution in [2.45, 2.75) is 25.9 Å². The number of rotatable bonds is 4. The number of halogens is 1. The normalized spacial score (nSPS) is 14.1. The monoisotopic (exact) mass is 260 g/mol. The predicted octanol–water partition coefficient (Wildman–Crippen LogP) is 3.34. The summed E-state index contributed by atoms with van der Waals surface area (Å²) in [5, 5.41) is 13.1. The molecular formula is C15H17FN2O. The van der Waals surface area contributed by atoms with Gasteiger partial charge in [0.25, 0.3) is 0 Å². The van der Waals surface area contributed by atoms with Crippen molar-refractivity contribution in [1.29, 1.82) is 0 Å². The Morgan fingerprint density at radius 3 is 2.42 bits per heavy atom. The number of phenolic OH excluding ortho intramolecular Hbond substituents is 1. The molecule has 0 aliphatic carbocycles. The van der Waals surface area contributed by atoms with Crippen molar-refractivity contribution < 1.29 is 9.50 Å². The lowest BCUT2D eigenvalue weighted by atomic mass is 10.0. The van der Waals surface area contributed by atoms with Gasteiger partial charge < -0.3 is 10.4 Å². The van der Waals surface area contributed by atoms with Crippen LogP contribution in [-0.2, 0) is 0 Å². The molecule has 0 saturated carbocycles. The highest BCUT2D eigenvalue weighted by Crippen LogP contribution is 2.26. The third-order valence-electron chi connectivity index (χ3n) is 3.17. The molecular weight excluding hydrogens is 243 g/mol. The molecule has 0 aliphatic heterocycles. The molecule has 0 radical (unpaired) electrons. The Labute approximate surface area is 112 Å². The first-order valence-electron chi connectivity index (χ1n) is 6.22. The molecule has 2 unspecified atom stereocenters. The average Bonchev–Trinajstić information content (AvgIpc) is 2.39. The molecule has 2 rings (SSSR count). The van der Waals surface area contributed by atoms with E-state index in [1.807, 2.05) is 26.0 Å². The van der Waals surface area contributed by atoms with Crippen LogP contribution >= 0.6 is 0 Å². The van der Waals surface area contributed by atoms with E-state index in [1.165, 1.54) is 6.07 Å². The van der Waals surface area contributed by atoms with Gasteiger partial charge in [0.15, 0.2) is 0 Å². The molecule has 2 atom stereocenters. The van der Waals surface area contributed by atoms with Crippen LogP contribution in [0, 0.1) is 5.82 Å². The molecule has 1 aromatic carbocycles. The van der Waals surface area contributed by atoms with Crippen molar-refractivity contribution >= 4 is 0 Å². The largest absolute Gasteiger partial charge is 0.508 e. The van der Waals surface area contributed by atoms with E-state index in [0.717, 1.165) is 11.6 Å². The lowest BCUT2D eigenvalue weighted by Crippen LogP contribution is -2.22. The molecule has 3 nitrogen and oxygen atoms in total. The van der Waals surface area contributed by atoms with E-state index in [2.05, 4.69) is 10.3 Å². The maximum absolute atomic E-state index is 13.0. The van der Waals surface area contributed by atoms with E-state index in [0.29, 0.717) is 5.56 Å².